The molecule has 1 aliphatic heterocycles. The number of hydrazine groups is 1. The topological polar surface area (TPSA) is 102 Å². The van der Waals surface area contributed by atoms with E-state index < -0.39 is 12.6 Å². The molecular formula is C28H27Cl2F2N5O4S. The van der Waals surface area contributed by atoms with E-state index in [1.54, 1.807) is 6.07 Å². The molecular weight excluding hydrogens is 611 g/mol. The summed E-state index contributed by atoms with van der Waals surface area (Å²) in [6, 6.07) is 3.23. The molecule has 0 radical (unpaired) electrons. The van der Waals surface area contributed by atoms with Gasteiger partial charge >= 0.3 is 12.6 Å². The van der Waals surface area contributed by atoms with Gasteiger partial charge in [-0.2, -0.15) is 8.78 Å². The van der Waals surface area contributed by atoms with E-state index in [1.165, 1.54) is 24.5 Å². The number of nitrogens with one attached hydrogen (secondary N) is 2. The monoisotopic (exact) mass is 637 g/mol. The molecule has 3 aromatic rings. The fourth-order valence-electron chi connectivity index (χ4n) is 6.09. The predicted octanol–water partition coefficient (Wildman–Crippen LogP) is 5.80. The molecule has 0 amide bonds. The molecule has 4 aliphatic rings. The lowest BCUT2D eigenvalue weighted by Gasteiger charge is -2.42. The summed E-state index contributed by atoms with van der Waals surface area (Å²) in [5.41, 5.74) is 5.65. The standard InChI is InChI=1S/C28H27Cl2F2N5O4S/c1-39-26(38)13-7-20(40-27(31)32)24-21(8-13)42-28(35-24)37-19-9-18(14(19)11-34-37)33-10-15-23(36-41-25(15)12-5-6-12)22-16(29)3-2-4-17(22)30/h2-4,7-8,12,14,16,18-19,22,27,33-34H,5-6,9-11H2,1H3. The number of aromatic nitrogens is 2. The number of nitrogens with zero attached hydrogens (tertiary/aromatic N) is 3. The van der Waals surface area contributed by atoms with Gasteiger partial charge in [0, 0.05) is 41.6 Å². The number of hydrogen-bond acceptors (Lipinski definition) is 10. The van der Waals surface area contributed by atoms with Gasteiger partial charge in [-0.1, -0.05) is 40.2 Å². The number of halogens is 4. The Balaban J connectivity index is 1.07. The van der Waals surface area contributed by atoms with Gasteiger partial charge in [-0.3, -0.25) is 5.01 Å². The molecule has 5 atom stereocenters. The van der Waals surface area contributed by atoms with Gasteiger partial charge in [-0.15, -0.1) is 11.6 Å². The molecule has 5 unspecified atom stereocenters. The van der Waals surface area contributed by atoms with Gasteiger partial charge in [0.05, 0.1) is 40.4 Å². The molecule has 14 heteroatoms. The number of alkyl halides is 3. The van der Waals surface area contributed by atoms with Gasteiger partial charge in [-0.25, -0.2) is 15.2 Å². The highest BCUT2D eigenvalue weighted by molar-refractivity contribution is 7.22. The van der Waals surface area contributed by atoms with Crippen molar-refractivity contribution in [2.24, 2.45) is 5.92 Å². The Bertz CT molecular complexity index is 1590. The number of ether oxygens (including phenoxy) is 2. The van der Waals surface area contributed by atoms with Crippen molar-refractivity contribution in [3.8, 4) is 5.75 Å². The average molecular weight is 639 g/mol. The number of allylic oxidation sites excluding steroid dienone is 4. The summed E-state index contributed by atoms with van der Waals surface area (Å²) in [6.07, 6.45) is 8.65. The molecule has 0 spiro atoms. The summed E-state index contributed by atoms with van der Waals surface area (Å²) in [6.45, 7) is -1.73. The van der Waals surface area contributed by atoms with Crippen molar-refractivity contribution in [2.75, 3.05) is 18.7 Å². The Hall–Kier alpha value is -2.77. The molecule has 0 bridgehead atoms. The molecule has 9 nitrogen and oxygen atoms in total. The maximum Gasteiger partial charge on any atom is 0.387 e. The van der Waals surface area contributed by atoms with Gasteiger partial charge in [0.25, 0.3) is 0 Å². The highest BCUT2D eigenvalue weighted by Crippen LogP contribution is 2.47. The van der Waals surface area contributed by atoms with E-state index in [1.807, 2.05) is 23.2 Å². The molecule has 2 aromatic heterocycles. The second-order valence-corrected chi connectivity index (χ2v) is 12.9. The summed E-state index contributed by atoms with van der Waals surface area (Å²) in [5.74, 6) is 0.557. The second kappa shape index (κ2) is 11.1. The van der Waals surface area contributed by atoms with Crippen LogP contribution >= 0.6 is 34.5 Å². The van der Waals surface area contributed by atoms with Crippen LogP contribution in [0.25, 0.3) is 10.2 Å². The van der Waals surface area contributed by atoms with E-state index in [2.05, 4.69) is 20.9 Å². The zero-order chi connectivity index (χ0) is 29.1. The lowest BCUT2D eigenvalue weighted by molar-refractivity contribution is -0.0489. The third kappa shape index (κ3) is 4.96. The Kier molecular flexibility index (Phi) is 7.38. The van der Waals surface area contributed by atoms with E-state index >= 15 is 0 Å². The molecule has 222 valence electrons. The van der Waals surface area contributed by atoms with Gasteiger partial charge in [0.15, 0.2) is 5.75 Å². The average Bonchev–Trinajstić information content (AvgIpc) is 3.42. The Labute approximate surface area is 253 Å². The molecule has 3 heterocycles. The van der Waals surface area contributed by atoms with Crippen LogP contribution in [0.2, 0.25) is 0 Å². The molecule has 42 heavy (non-hydrogen) atoms. The number of thiazole rings is 1. The number of anilines is 1. The predicted molar refractivity (Wildman–Crippen MR) is 155 cm³/mol. The van der Waals surface area contributed by atoms with Gasteiger partial charge < -0.3 is 19.3 Å². The van der Waals surface area contributed by atoms with E-state index in [0.717, 1.165) is 42.8 Å². The van der Waals surface area contributed by atoms with Crippen molar-refractivity contribution in [3.63, 3.8) is 0 Å². The number of esters is 1. The van der Waals surface area contributed by atoms with Gasteiger partial charge in [0.1, 0.15) is 11.3 Å². The zero-order valence-electron chi connectivity index (χ0n) is 22.4. The van der Waals surface area contributed by atoms with Crippen molar-refractivity contribution >= 4 is 55.9 Å². The van der Waals surface area contributed by atoms with Crippen LogP contribution in [0.5, 0.6) is 5.75 Å². The third-order valence-electron chi connectivity index (χ3n) is 8.43. The zero-order valence-corrected chi connectivity index (χ0v) is 24.7. The lowest BCUT2D eigenvalue weighted by Crippen LogP contribution is -2.56. The Morgan fingerprint density at radius 1 is 1.36 bits per heavy atom. The molecule has 1 saturated heterocycles. The van der Waals surface area contributed by atoms with Crippen LogP contribution in [0.4, 0.5) is 13.9 Å². The van der Waals surface area contributed by atoms with Crippen LogP contribution in [0.3, 0.4) is 0 Å². The number of methoxy groups -OCH3 is 1. The van der Waals surface area contributed by atoms with Gasteiger partial charge in [-0.05, 0) is 37.5 Å². The summed E-state index contributed by atoms with van der Waals surface area (Å²) in [4.78, 5) is 16.7. The molecule has 2 saturated carbocycles. The highest BCUT2D eigenvalue weighted by atomic mass is 35.5. The van der Waals surface area contributed by atoms with Crippen LogP contribution in [0.15, 0.2) is 39.9 Å². The quantitative estimate of drug-likeness (QED) is 0.222. The smallest absolute Gasteiger partial charge is 0.387 e. The van der Waals surface area contributed by atoms with E-state index in [9.17, 15) is 13.6 Å². The van der Waals surface area contributed by atoms with Crippen molar-refractivity contribution < 1.29 is 27.6 Å². The van der Waals surface area contributed by atoms with E-state index in [0.29, 0.717) is 33.2 Å². The Morgan fingerprint density at radius 3 is 2.93 bits per heavy atom. The Morgan fingerprint density at radius 2 is 2.19 bits per heavy atom. The van der Waals surface area contributed by atoms with E-state index in [4.69, 9.17) is 37.2 Å². The summed E-state index contributed by atoms with van der Waals surface area (Å²) >= 11 is 14.5. The first-order valence-corrected chi connectivity index (χ1v) is 15.4. The van der Waals surface area contributed by atoms with Crippen molar-refractivity contribution in [1.82, 2.24) is 20.9 Å². The minimum Gasteiger partial charge on any atom is -0.465 e. The van der Waals surface area contributed by atoms with Crippen molar-refractivity contribution in [2.45, 2.75) is 61.7 Å². The number of hydrogen-bond donors (Lipinski definition) is 2. The first-order valence-electron chi connectivity index (χ1n) is 13.7. The second-order valence-electron chi connectivity index (χ2n) is 10.9. The number of rotatable bonds is 9. The normalized spacial score (nSPS) is 26.9. The molecule has 3 fully saturated rings. The molecule has 2 N–H and O–H groups in total. The van der Waals surface area contributed by atoms with Crippen molar-refractivity contribution in [1.29, 1.82) is 0 Å². The molecule has 7 rings (SSSR count). The number of carbonyl (C=O) groups is 1. The first-order chi connectivity index (χ1) is 20.3. The fraction of sp³-hybridized carbons (Fsp3) is 0.464. The van der Waals surface area contributed by atoms with Crippen LogP contribution in [0, 0.1) is 5.92 Å². The maximum absolute atomic E-state index is 13.1. The maximum atomic E-state index is 13.1. The minimum absolute atomic E-state index is 0.121. The SMILES string of the molecule is COC(=O)c1cc(OC(F)F)c2nc(N3NCC4C(NCc5c(C6C(Cl)=CC=CC6Cl)noc5C5CC5)CC43)sc2c1. The van der Waals surface area contributed by atoms with Crippen molar-refractivity contribution in [3.05, 3.63) is 58.0 Å². The van der Waals surface area contributed by atoms with Gasteiger partial charge in [0.2, 0.25) is 5.13 Å². The number of fused-ring (bicyclic) bond motifs is 2. The fourth-order valence-corrected chi connectivity index (χ4v) is 7.87. The van der Waals surface area contributed by atoms with Crippen LogP contribution in [-0.4, -0.2) is 53.8 Å². The van der Waals surface area contributed by atoms with Crippen LogP contribution in [-0.2, 0) is 11.3 Å². The minimum atomic E-state index is -3.05. The van der Waals surface area contributed by atoms with E-state index in [-0.39, 0.29) is 40.2 Å². The molecule has 3 aliphatic carbocycles. The van der Waals surface area contributed by atoms with Crippen LogP contribution < -0.4 is 20.5 Å². The largest absolute Gasteiger partial charge is 0.465 e. The summed E-state index contributed by atoms with van der Waals surface area (Å²) in [7, 11) is 1.23. The third-order valence-corrected chi connectivity index (χ3v) is 10.2. The number of benzene rings is 1. The lowest BCUT2D eigenvalue weighted by atomic mass is 9.75. The summed E-state index contributed by atoms with van der Waals surface area (Å²) < 4.78 is 42.1. The van der Waals surface area contributed by atoms with Crippen LogP contribution in [0.1, 0.15) is 58.5 Å². The highest BCUT2D eigenvalue weighted by Gasteiger charge is 2.50. The summed E-state index contributed by atoms with van der Waals surface area (Å²) in [5, 5.41) is 11.1. The molecule has 1 aromatic carbocycles. The number of carbonyl (C=O) groups excluding carboxylic acids is 1. The first kappa shape index (κ1) is 28.0.